The fraction of sp³-hybridized carbons (Fsp3) is 0.217. The van der Waals surface area contributed by atoms with Crippen LogP contribution in [0, 0.1) is 5.82 Å². The number of benzene rings is 3. The minimum absolute atomic E-state index is 0.225. The predicted octanol–water partition coefficient (Wildman–Crippen LogP) is 4.96. The van der Waals surface area contributed by atoms with E-state index in [-0.39, 0.29) is 16.7 Å². The normalized spacial score (nSPS) is 11.9. The average molecular weight is 400 g/mol. The first-order chi connectivity index (χ1) is 13.8. The molecule has 3 nitrogen and oxygen atoms in total. The fourth-order valence-electron chi connectivity index (χ4n) is 2.67. The molecule has 0 saturated heterocycles. The highest BCUT2D eigenvalue weighted by atomic mass is 32.2. The van der Waals surface area contributed by atoms with Crippen molar-refractivity contribution in [1.82, 2.24) is 0 Å². The fourth-order valence-corrected chi connectivity index (χ4v) is 4.73. The topological polar surface area (TPSA) is 27.7 Å². The Kier molecular flexibility index (Phi) is 7.91. The van der Waals surface area contributed by atoms with E-state index in [0.29, 0.717) is 26.4 Å². The number of methoxy groups -OCH3 is 1. The number of rotatable bonds is 10. The van der Waals surface area contributed by atoms with Crippen LogP contribution in [-0.4, -0.2) is 33.5 Å². The Bertz CT molecular complexity index is 823. The van der Waals surface area contributed by atoms with Crippen LogP contribution in [0.1, 0.15) is 0 Å². The molecule has 1 unspecified atom stereocenters. The van der Waals surface area contributed by atoms with Crippen molar-refractivity contribution in [3.05, 3.63) is 84.7 Å². The second-order valence-electron chi connectivity index (χ2n) is 6.00. The van der Waals surface area contributed by atoms with Gasteiger partial charge in [0.05, 0.1) is 30.7 Å². The molecule has 0 bridgehead atoms. The van der Waals surface area contributed by atoms with E-state index in [1.54, 1.807) is 7.11 Å². The lowest BCUT2D eigenvalue weighted by molar-refractivity contribution is 0.0544. The smallest absolute Gasteiger partial charge is 0.166 e. The monoisotopic (exact) mass is 399 g/mol. The van der Waals surface area contributed by atoms with Gasteiger partial charge in [-0.05, 0) is 60.7 Å². The molecule has 0 heterocycles. The van der Waals surface area contributed by atoms with Crippen LogP contribution in [0.4, 0.5) is 4.39 Å². The third kappa shape index (κ3) is 5.83. The summed E-state index contributed by atoms with van der Waals surface area (Å²) >= 11 is 0. The van der Waals surface area contributed by atoms with Crippen molar-refractivity contribution in [3.8, 4) is 5.75 Å². The Labute approximate surface area is 168 Å². The zero-order chi connectivity index (χ0) is 19.6. The van der Waals surface area contributed by atoms with Crippen LogP contribution in [0.25, 0.3) is 0 Å². The van der Waals surface area contributed by atoms with Crippen LogP contribution < -0.4 is 4.74 Å². The van der Waals surface area contributed by atoms with Gasteiger partial charge < -0.3 is 14.2 Å². The molecular weight excluding hydrogens is 375 g/mol. The third-order valence-electron chi connectivity index (χ3n) is 4.02. The summed E-state index contributed by atoms with van der Waals surface area (Å²) in [5.41, 5.74) is 0. The lowest BCUT2D eigenvalue weighted by Gasteiger charge is -2.10. The molecular formula is C23H24FO3S+. The Balaban J connectivity index is 1.71. The molecule has 5 heteroatoms. The van der Waals surface area contributed by atoms with Crippen molar-refractivity contribution >= 4 is 10.9 Å². The summed E-state index contributed by atoms with van der Waals surface area (Å²) in [6.07, 6.45) is 0. The Morgan fingerprint density at radius 2 is 1.25 bits per heavy atom. The van der Waals surface area contributed by atoms with Crippen LogP contribution in [-0.2, 0) is 20.4 Å². The van der Waals surface area contributed by atoms with Crippen molar-refractivity contribution in [2.75, 3.05) is 33.5 Å². The maximum Gasteiger partial charge on any atom is 0.166 e. The molecule has 0 aromatic heterocycles. The van der Waals surface area contributed by atoms with E-state index in [1.165, 1.54) is 17.0 Å². The summed E-state index contributed by atoms with van der Waals surface area (Å²) in [6, 6.07) is 25.1. The molecule has 0 N–H and O–H groups in total. The van der Waals surface area contributed by atoms with Crippen LogP contribution in [0.15, 0.2) is 93.5 Å². The molecule has 0 fully saturated rings. The molecule has 0 saturated carbocycles. The van der Waals surface area contributed by atoms with E-state index in [4.69, 9.17) is 14.2 Å². The average Bonchev–Trinajstić information content (AvgIpc) is 2.74. The van der Waals surface area contributed by atoms with Gasteiger partial charge in [-0.25, -0.2) is 4.39 Å². The minimum atomic E-state index is -0.303. The summed E-state index contributed by atoms with van der Waals surface area (Å²) in [6.45, 7) is 2.16. The quantitative estimate of drug-likeness (QED) is 0.356. The first kappa shape index (κ1) is 20.4. The van der Waals surface area contributed by atoms with Gasteiger partial charge in [-0.15, -0.1) is 0 Å². The molecule has 0 aliphatic rings. The van der Waals surface area contributed by atoms with E-state index in [0.717, 1.165) is 15.5 Å². The molecule has 0 spiro atoms. The van der Waals surface area contributed by atoms with Crippen LogP contribution >= 0.6 is 0 Å². The maximum atomic E-state index is 13.4. The van der Waals surface area contributed by atoms with E-state index in [9.17, 15) is 4.39 Å². The highest BCUT2D eigenvalue weighted by Gasteiger charge is 2.28. The molecule has 0 amide bonds. The lowest BCUT2D eigenvalue weighted by Crippen LogP contribution is -2.10. The van der Waals surface area contributed by atoms with Crippen LogP contribution in [0.5, 0.6) is 5.75 Å². The molecule has 0 aliphatic heterocycles. The van der Waals surface area contributed by atoms with E-state index >= 15 is 0 Å². The number of ether oxygens (including phenoxy) is 3. The maximum absolute atomic E-state index is 13.4. The minimum Gasteiger partial charge on any atom is -0.491 e. The van der Waals surface area contributed by atoms with Crippen molar-refractivity contribution in [3.63, 3.8) is 0 Å². The van der Waals surface area contributed by atoms with Crippen molar-refractivity contribution < 1.29 is 18.6 Å². The Morgan fingerprint density at radius 3 is 1.89 bits per heavy atom. The summed E-state index contributed by atoms with van der Waals surface area (Å²) in [7, 11) is 1.35. The standard InChI is InChI=1S/C23H24FO3S/c1-25-15-16-26-17-18-27-20-9-13-23(14-10-20)28(21-5-3-2-4-6-21)22-11-7-19(24)8-12-22/h2-14H,15-18H2,1H3/q+1. The summed E-state index contributed by atoms with van der Waals surface area (Å²) in [5.74, 6) is 0.576. The second kappa shape index (κ2) is 10.9. The van der Waals surface area contributed by atoms with E-state index in [1.807, 2.05) is 42.5 Å². The van der Waals surface area contributed by atoms with Gasteiger partial charge in [-0.2, -0.15) is 0 Å². The molecule has 146 valence electrons. The molecule has 3 rings (SSSR count). The third-order valence-corrected chi connectivity index (χ3v) is 6.25. The van der Waals surface area contributed by atoms with E-state index < -0.39 is 0 Å². The highest BCUT2D eigenvalue weighted by molar-refractivity contribution is 7.97. The summed E-state index contributed by atoms with van der Waals surface area (Å²) < 4.78 is 29.5. The summed E-state index contributed by atoms with van der Waals surface area (Å²) in [4.78, 5) is 3.42. The van der Waals surface area contributed by atoms with Crippen molar-refractivity contribution in [2.45, 2.75) is 14.7 Å². The van der Waals surface area contributed by atoms with Gasteiger partial charge in [0.25, 0.3) is 0 Å². The Morgan fingerprint density at radius 1 is 0.679 bits per heavy atom. The van der Waals surface area contributed by atoms with Crippen molar-refractivity contribution in [1.29, 1.82) is 0 Å². The molecule has 3 aromatic rings. The van der Waals surface area contributed by atoms with Crippen molar-refractivity contribution in [2.24, 2.45) is 0 Å². The molecule has 3 aromatic carbocycles. The van der Waals surface area contributed by atoms with Gasteiger partial charge in [-0.3, -0.25) is 0 Å². The number of halogens is 1. The summed E-state index contributed by atoms with van der Waals surface area (Å²) in [5, 5.41) is 0. The molecule has 1 atom stereocenters. The van der Waals surface area contributed by atoms with Crippen LogP contribution in [0.2, 0.25) is 0 Å². The second-order valence-corrected chi connectivity index (χ2v) is 8.02. The van der Waals surface area contributed by atoms with Gasteiger partial charge >= 0.3 is 0 Å². The van der Waals surface area contributed by atoms with Gasteiger partial charge in [0, 0.05) is 7.11 Å². The molecule has 0 radical (unpaired) electrons. The largest absolute Gasteiger partial charge is 0.491 e. The lowest BCUT2D eigenvalue weighted by atomic mass is 10.3. The zero-order valence-electron chi connectivity index (χ0n) is 15.8. The SMILES string of the molecule is COCCOCCOc1ccc([S+](c2ccccc2)c2ccc(F)cc2)cc1. The molecule has 0 aliphatic carbocycles. The van der Waals surface area contributed by atoms with Gasteiger partial charge in [0.1, 0.15) is 18.2 Å². The van der Waals surface area contributed by atoms with Gasteiger partial charge in [-0.1, -0.05) is 18.2 Å². The first-order valence-electron chi connectivity index (χ1n) is 9.12. The van der Waals surface area contributed by atoms with Crippen LogP contribution in [0.3, 0.4) is 0 Å². The predicted molar refractivity (Wildman–Crippen MR) is 110 cm³/mol. The van der Waals surface area contributed by atoms with E-state index in [2.05, 4.69) is 24.3 Å². The number of hydrogen-bond donors (Lipinski definition) is 0. The van der Waals surface area contributed by atoms with Gasteiger partial charge in [0.15, 0.2) is 14.7 Å². The first-order valence-corrected chi connectivity index (χ1v) is 10.3. The van der Waals surface area contributed by atoms with Gasteiger partial charge in [0.2, 0.25) is 0 Å². The zero-order valence-corrected chi connectivity index (χ0v) is 16.7. The molecule has 28 heavy (non-hydrogen) atoms. The Hall–Kier alpha value is -2.34. The highest BCUT2D eigenvalue weighted by Crippen LogP contribution is 2.32. The number of hydrogen-bond acceptors (Lipinski definition) is 3.